The highest BCUT2D eigenvalue weighted by Crippen LogP contribution is 2.42. The van der Waals surface area contributed by atoms with E-state index in [1.807, 2.05) is 0 Å². The average Bonchev–Trinajstić information content (AvgIpc) is 3.41. The van der Waals surface area contributed by atoms with Crippen LogP contribution in [0.25, 0.3) is 5.76 Å². The van der Waals surface area contributed by atoms with Crippen molar-refractivity contribution in [1.29, 1.82) is 0 Å². The van der Waals surface area contributed by atoms with Crippen LogP contribution >= 0.6 is 11.6 Å². The Kier molecular flexibility index (Phi) is 6.39. The highest BCUT2D eigenvalue weighted by atomic mass is 35.5. The number of ketones is 1. The van der Waals surface area contributed by atoms with Crippen molar-refractivity contribution in [2.24, 2.45) is 0 Å². The van der Waals surface area contributed by atoms with Gasteiger partial charge in [0.25, 0.3) is 11.7 Å². The Labute approximate surface area is 191 Å². The predicted octanol–water partition coefficient (Wildman–Crippen LogP) is 3.96. The number of aliphatic hydroxyl groups is 1. The third kappa shape index (κ3) is 4.06. The number of ether oxygens (including phenoxy) is 3. The molecule has 0 aromatic heterocycles. The monoisotopic (exact) mass is 457 g/mol. The van der Waals surface area contributed by atoms with Gasteiger partial charge in [-0.15, -0.1) is 0 Å². The Balaban J connectivity index is 1.85. The second kappa shape index (κ2) is 9.22. The van der Waals surface area contributed by atoms with Gasteiger partial charge in [-0.1, -0.05) is 17.7 Å². The zero-order valence-electron chi connectivity index (χ0n) is 17.8. The molecule has 2 atom stereocenters. The van der Waals surface area contributed by atoms with Crippen molar-refractivity contribution in [3.63, 3.8) is 0 Å². The molecule has 2 saturated heterocycles. The molecule has 2 aliphatic heterocycles. The van der Waals surface area contributed by atoms with Gasteiger partial charge in [0.2, 0.25) is 0 Å². The molecule has 0 spiro atoms. The number of methoxy groups -OCH3 is 2. The minimum Gasteiger partial charge on any atom is -0.507 e. The summed E-state index contributed by atoms with van der Waals surface area (Å²) in [5.74, 6) is -0.690. The summed E-state index contributed by atoms with van der Waals surface area (Å²) in [6, 6.07) is 10.8. The second-order valence-electron chi connectivity index (χ2n) is 7.71. The number of halogens is 1. The van der Waals surface area contributed by atoms with Crippen molar-refractivity contribution in [3.8, 4) is 11.5 Å². The molecule has 2 aliphatic rings. The molecule has 2 aromatic rings. The van der Waals surface area contributed by atoms with Crippen LogP contribution in [0.1, 0.15) is 30.0 Å². The molecule has 2 aromatic carbocycles. The molecule has 168 valence electrons. The largest absolute Gasteiger partial charge is 0.507 e. The van der Waals surface area contributed by atoms with Crippen LogP contribution in [0, 0.1) is 0 Å². The lowest BCUT2D eigenvalue weighted by atomic mass is 9.95. The van der Waals surface area contributed by atoms with E-state index in [4.69, 9.17) is 25.8 Å². The van der Waals surface area contributed by atoms with Crippen LogP contribution in [0.3, 0.4) is 0 Å². The minimum atomic E-state index is -0.797. The van der Waals surface area contributed by atoms with Crippen molar-refractivity contribution in [1.82, 2.24) is 4.90 Å². The van der Waals surface area contributed by atoms with Gasteiger partial charge in [0.05, 0.1) is 31.9 Å². The van der Waals surface area contributed by atoms with Gasteiger partial charge in [0.15, 0.2) is 11.5 Å². The highest BCUT2D eigenvalue weighted by Gasteiger charge is 2.47. The van der Waals surface area contributed by atoms with E-state index in [1.54, 1.807) is 42.5 Å². The van der Waals surface area contributed by atoms with E-state index in [9.17, 15) is 14.7 Å². The number of amides is 1. The lowest BCUT2D eigenvalue weighted by Gasteiger charge is -2.28. The van der Waals surface area contributed by atoms with Crippen molar-refractivity contribution in [3.05, 3.63) is 64.2 Å². The summed E-state index contributed by atoms with van der Waals surface area (Å²) >= 11 is 5.97. The summed E-state index contributed by atoms with van der Waals surface area (Å²) in [5, 5.41) is 11.6. The van der Waals surface area contributed by atoms with Gasteiger partial charge < -0.3 is 24.2 Å². The van der Waals surface area contributed by atoms with Crippen LogP contribution < -0.4 is 9.47 Å². The average molecular weight is 458 g/mol. The molecule has 4 rings (SSSR count). The van der Waals surface area contributed by atoms with Crippen LogP contribution in [0.2, 0.25) is 5.02 Å². The molecule has 1 N–H and O–H groups in total. The minimum absolute atomic E-state index is 0.0162. The first kappa shape index (κ1) is 22.2. The van der Waals surface area contributed by atoms with Gasteiger partial charge in [0.1, 0.15) is 5.76 Å². The third-order valence-corrected chi connectivity index (χ3v) is 6.06. The Morgan fingerprint density at radius 3 is 2.47 bits per heavy atom. The first-order chi connectivity index (χ1) is 15.4. The quantitative estimate of drug-likeness (QED) is 0.401. The van der Waals surface area contributed by atoms with E-state index in [1.165, 1.54) is 19.1 Å². The summed E-state index contributed by atoms with van der Waals surface area (Å²) < 4.78 is 16.5. The van der Waals surface area contributed by atoms with Gasteiger partial charge in [-0.05, 0) is 54.8 Å². The van der Waals surface area contributed by atoms with Crippen LogP contribution in [0.4, 0.5) is 0 Å². The Hall–Kier alpha value is -3.03. The van der Waals surface area contributed by atoms with Gasteiger partial charge in [-0.3, -0.25) is 9.59 Å². The van der Waals surface area contributed by atoms with E-state index in [0.717, 1.165) is 12.8 Å². The summed E-state index contributed by atoms with van der Waals surface area (Å²) in [6.07, 6.45) is 1.55. The van der Waals surface area contributed by atoms with Crippen molar-refractivity contribution >= 4 is 29.1 Å². The SMILES string of the molecule is COc1ccc([C@@H]2C(=C(O)c3ccc(Cl)cc3)C(=O)C(=O)N2C[C@@H]2CCCO2)cc1OC. The maximum atomic E-state index is 13.1. The number of aliphatic hydroxyl groups excluding tert-OH is 1. The van der Waals surface area contributed by atoms with Crippen molar-refractivity contribution in [2.75, 3.05) is 27.4 Å². The zero-order chi connectivity index (χ0) is 22.8. The molecule has 8 heteroatoms. The van der Waals surface area contributed by atoms with Gasteiger partial charge in [0, 0.05) is 23.7 Å². The van der Waals surface area contributed by atoms with E-state index in [0.29, 0.717) is 34.3 Å². The van der Waals surface area contributed by atoms with Crippen molar-refractivity contribution in [2.45, 2.75) is 25.0 Å². The number of benzene rings is 2. The van der Waals surface area contributed by atoms with E-state index < -0.39 is 17.7 Å². The molecule has 1 amide bonds. The molecule has 0 aliphatic carbocycles. The lowest BCUT2D eigenvalue weighted by molar-refractivity contribution is -0.140. The van der Waals surface area contributed by atoms with Crippen molar-refractivity contribution < 1.29 is 28.9 Å². The Bertz CT molecular complexity index is 1060. The third-order valence-electron chi connectivity index (χ3n) is 5.81. The fourth-order valence-electron chi connectivity index (χ4n) is 4.21. The number of Topliss-reactive ketones (excluding diaryl/α,β-unsaturated/α-hetero) is 1. The van der Waals surface area contributed by atoms with E-state index in [-0.39, 0.29) is 24.0 Å². The number of rotatable bonds is 6. The molecule has 32 heavy (non-hydrogen) atoms. The number of carbonyl (C=O) groups is 2. The molecule has 0 unspecified atom stereocenters. The molecular formula is C24H24ClNO6. The lowest BCUT2D eigenvalue weighted by Crippen LogP contribution is -2.36. The smallest absolute Gasteiger partial charge is 0.295 e. The van der Waals surface area contributed by atoms with Crippen LogP contribution in [0.5, 0.6) is 11.5 Å². The van der Waals surface area contributed by atoms with Crippen LogP contribution in [-0.4, -0.2) is 55.2 Å². The first-order valence-electron chi connectivity index (χ1n) is 10.3. The fourth-order valence-corrected chi connectivity index (χ4v) is 4.33. The summed E-state index contributed by atoms with van der Waals surface area (Å²) in [6.45, 7) is 0.876. The topological polar surface area (TPSA) is 85.3 Å². The standard InChI is InChI=1S/C24H24ClNO6/c1-30-18-10-7-15(12-19(18)31-2)21-20(22(27)14-5-8-16(25)9-6-14)23(28)24(29)26(21)13-17-4-3-11-32-17/h5-10,12,17,21,27H,3-4,11,13H2,1-2H3/t17-,21+/m0/s1. The van der Waals surface area contributed by atoms with Gasteiger partial charge >= 0.3 is 0 Å². The molecule has 0 bridgehead atoms. The highest BCUT2D eigenvalue weighted by molar-refractivity contribution is 6.46. The number of hydrogen-bond acceptors (Lipinski definition) is 6. The van der Waals surface area contributed by atoms with E-state index >= 15 is 0 Å². The summed E-state index contributed by atoms with van der Waals surface area (Å²) in [4.78, 5) is 27.6. The molecular weight excluding hydrogens is 434 g/mol. The number of carbonyl (C=O) groups excluding carboxylic acids is 2. The molecule has 0 radical (unpaired) electrons. The second-order valence-corrected chi connectivity index (χ2v) is 8.14. The van der Waals surface area contributed by atoms with Crippen LogP contribution in [0.15, 0.2) is 48.0 Å². The number of likely N-dealkylation sites (tertiary alicyclic amines) is 1. The maximum absolute atomic E-state index is 13.1. The molecule has 0 saturated carbocycles. The predicted molar refractivity (Wildman–Crippen MR) is 119 cm³/mol. The molecule has 2 fully saturated rings. The number of nitrogens with zero attached hydrogens (tertiary/aromatic N) is 1. The zero-order valence-corrected chi connectivity index (χ0v) is 18.6. The Morgan fingerprint density at radius 2 is 1.84 bits per heavy atom. The first-order valence-corrected chi connectivity index (χ1v) is 10.7. The van der Waals surface area contributed by atoms with E-state index in [2.05, 4.69) is 0 Å². The Morgan fingerprint density at radius 1 is 1.12 bits per heavy atom. The molecule has 7 nitrogen and oxygen atoms in total. The molecule has 2 heterocycles. The van der Waals surface area contributed by atoms with Gasteiger partial charge in [-0.25, -0.2) is 0 Å². The van der Waals surface area contributed by atoms with Gasteiger partial charge in [-0.2, -0.15) is 0 Å². The summed E-state index contributed by atoms with van der Waals surface area (Å²) in [5.41, 5.74) is 1.04. The number of hydrogen-bond donors (Lipinski definition) is 1. The van der Waals surface area contributed by atoms with Crippen LogP contribution in [-0.2, 0) is 14.3 Å². The summed E-state index contributed by atoms with van der Waals surface area (Å²) in [7, 11) is 3.04. The maximum Gasteiger partial charge on any atom is 0.295 e. The fraction of sp³-hybridized carbons (Fsp3) is 0.333. The normalized spacial score (nSPS) is 22.4.